The Bertz CT molecular complexity index is 1130. The zero-order valence-electron chi connectivity index (χ0n) is 19.4. The van der Waals surface area contributed by atoms with E-state index in [2.05, 4.69) is 5.32 Å². The number of hydrogen-bond acceptors (Lipinski definition) is 6. The lowest BCUT2D eigenvalue weighted by Gasteiger charge is -2.33. The largest absolute Gasteiger partial charge is 0.452 e. The second-order valence-electron chi connectivity index (χ2n) is 8.45. The van der Waals surface area contributed by atoms with Crippen LogP contribution in [-0.4, -0.2) is 61.3 Å². The van der Waals surface area contributed by atoms with Crippen LogP contribution in [0.25, 0.3) is 0 Å². The van der Waals surface area contributed by atoms with Crippen LogP contribution in [0.4, 0.5) is 5.69 Å². The van der Waals surface area contributed by atoms with Crippen molar-refractivity contribution in [2.24, 2.45) is 0 Å². The highest BCUT2D eigenvalue weighted by molar-refractivity contribution is 7.91. The molecule has 0 radical (unpaired) electrons. The van der Waals surface area contributed by atoms with Gasteiger partial charge in [-0.1, -0.05) is 49.4 Å². The van der Waals surface area contributed by atoms with Gasteiger partial charge in [-0.2, -0.15) is 0 Å². The van der Waals surface area contributed by atoms with E-state index >= 15 is 0 Å². The topological polar surface area (TPSA) is 110 Å². The van der Waals surface area contributed by atoms with Gasteiger partial charge in [0.05, 0.1) is 29.2 Å². The fraction of sp³-hybridized carbons (Fsp3) is 0.400. The number of esters is 1. The van der Waals surface area contributed by atoms with E-state index in [1.54, 1.807) is 18.2 Å². The van der Waals surface area contributed by atoms with Crippen LogP contribution in [0.15, 0.2) is 54.6 Å². The predicted molar refractivity (Wildman–Crippen MR) is 129 cm³/mol. The van der Waals surface area contributed by atoms with Gasteiger partial charge in [0.25, 0.3) is 5.91 Å². The molecule has 9 heteroatoms. The number of benzene rings is 2. The molecule has 1 N–H and O–H groups in total. The van der Waals surface area contributed by atoms with Crippen LogP contribution in [-0.2, 0) is 30.6 Å². The first-order chi connectivity index (χ1) is 16.2. The summed E-state index contributed by atoms with van der Waals surface area (Å²) in [6, 6.07) is 15.0. The predicted octanol–water partition coefficient (Wildman–Crippen LogP) is 2.84. The number of anilines is 1. The van der Waals surface area contributed by atoms with E-state index in [4.69, 9.17) is 4.74 Å². The van der Waals surface area contributed by atoms with Gasteiger partial charge in [0.1, 0.15) is 0 Å². The average molecular weight is 487 g/mol. The molecule has 0 unspecified atom stereocenters. The molecule has 1 saturated heterocycles. The van der Waals surface area contributed by atoms with Gasteiger partial charge in [-0.05, 0) is 37.5 Å². The molecule has 2 amide bonds. The second kappa shape index (κ2) is 11.3. The maximum absolute atomic E-state index is 12.9. The van der Waals surface area contributed by atoms with Crippen LogP contribution in [0.3, 0.4) is 0 Å². The highest BCUT2D eigenvalue weighted by Gasteiger charge is 2.36. The normalized spacial score (nSPS) is 17.5. The van der Waals surface area contributed by atoms with Crippen molar-refractivity contribution >= 4 is 33.3 Å². The highest BCUT2D eigenvalue weighted by Crippen LogP contribution is 2.22. The lowest BCUT2D eigenvalue weighted by molar-refractivity contribution is -0.138. The fourth-order valence-corrected chi connectivity index (χ4v) is 5.74. The minimum atomic E-state index is -3.17. The molecule has 0 saturated carbocycles. The van der Waals surface area contributed by atoms with E-state index in [0.717, 1.165) is 5.56 Å². The standard InChI is InChI=1S/C25H30N2O6S/c1-3-18(2)27(20-13-14-34(31,32)17-20)24(29)16-33-25(30)21-11-7-8-12-22(21)26-23(28)15-19-9-5-4-6-10-19/h4-12,18,20H,3,13-17H2,1-2H3,(H,26,28)/t18-,20-/m0/s1. The molecule has 2 aromatic carbocycles. The third-order valence-corrected chi connectivity index (χ3v) is 7.66. The van der Waals surface area contributed by atoms with Crippen molar-refractivity contribution in [2.75, 3.05) is 23.4 Å². The van der Waals surface area contributed by atoms with Crippen molar-refractivity contribution in [3.05, 3.63) is 65.7 Å². The Kier molecular flexibility index (Phi) is 8.44. The zero-order valence-corrected chi connectivity index (χ0v) is 20.2. The van der Waals surface area contributed by atoms with Crippen LogP contribution in [0, 0.1) is 0 Å². The van der Waals surface area contributed by atoms with E-state index < -0.39 is 34.4 Å². The number of para-hydroxylation sites is 1. The van der Waals surface area contributed by atoms with E-state index in [1.165, 1.54) is 11.0 Å². The van der Waals surface area contributed by atoms with E-state index in [0.29, 0.717) is 18.5 Å². The molecule has 1 aliphatic rings. The van der Waals surface area contributed by atoms with Crippen LogP contribution >= 0.6 is 0 Å². The molecule has 3 rings (SSSR count). The van der Waals surface area contributed by atoms with Crippen molar-refractivity contribution < 1.29 is 27.5 Å². The van der Waals surface area contributed by atoms with Crippen molar-refractivity contribution in [2.45, 2.75) is 45.2 Å². The maximum atomic E-state index is 12.9. The van der Waals surface area contributed by atoms with Gasteiger partial charge in [-0.25, -0.2) is 13.2 Å². The van der Waals surface area contributed by atoms with Gasteiger partial charge in [0.2, 0.25) is 5.91 Å². The molecule has 0 spiro atoms. The molecule has 0 aromatic heterocycles. The first-order valence-corrected chi connectivity index (χ1v) is 13.1. The molecule has 2 aromatic rings. The minimum absolute atomic E-state index is 0.0493. The molecule has 1 heterocycles. The number of carbonyl (C=O) groups excluding carboxylic acids is 3. The molecule has 1 fully saturated rings. The molecule has 34 heavy (non-hydrogen) atoms. The Morgan fingerprint density at radius 3 is 2.41 bits per heavy atom. The quantitative estimate of drug-likeness (QED) is 0.546. The van der Waals surface area contributed by atoms with Crippen LogP contribution in [0.2, 0.25) is 0 Å². The molecular weight excluding hydrogens is 456 g/mol. The number of rotatable bonds is 9. The molecule has 8 nitrogen and oxygen atoms in total. The summed E-state index contributed by atoms with van der Waals surface area (Å²) >= 11 is 0. The fourth-order valence-electron chi connectivity index (χ4n) is 4.03. The first kappa shape index (κ1) is 25.4. The Morgan fingerprint density at radius 1 is 1.09 bits per heavy atom. The number of ether oxygens (including phenoxy) is 1. The van der Waals surface area contributed by atoms with Crippen molar-refractivity contribution in [1.29, 1.82) is 0 Å². The summed E-state index contributed by atoms with van der Waals surface area (Å²) in [5.41, 5.74) is 1.27. The van der Waals surface area contributed by atoms with Crippen molar-refractivity contribution in [3.8, 4) is 0 Å². The Hall–Kier alpha value is -3.20. The Labute approximate surface area is 200 Å². The van der Waals surface area contributed by atoms with Gasteiger partial charge in [-0.15, -0.1) is 0 Å². The summed E-state index contributed by atoms with van der Waals surface area (Å²) in [6.07, 6.45) is 1.17. The lowest BCUT2D eigenvalue weighted by atomic mass is 10.1. The van der Waals surface area contributed by atoms with Crippen LogP contribution < -0.4 is 5.32 Å². The molecular formula is C25H30N2O6S. The molecule has 2 atom stereocenters. The van der Waals surface area contributed by atoms with E-state index in [-0.39, 0.29) is 35.4 Å². The number of hydrogen-bond donors (Lipinski definition) is 1. The summed E-state index contributed by atoms with van der Waals surface area (Å²) in [4.78, 5) is 39.7. The number of amides is 2. The smallest absolute Gasteiger partial charge is 0.340 e. The molecule has 1 aliphatic heterocycles. The summed E-state index contributed by atoms with van der Waals surface area (Å²) in [6.45, 7) is 3.25. The van der Waals surface area contributed by atoms with Gasteiger partial charge in [0, 0.05) is 12.1 Å². The lowest BCUT2D eigenvalue weighted by Crippen LogP contribution is -2.48. The van der Waals surface area contributed by atoms with Crippen molar-refractivity contribution in [3.63, 3.8) is 0 Å². The zero-order chi connectivity index (χ0) is 24.7. The SMILES string of the molecule is CC[C@H](C)N(C(=O)COC(=O)c1ccccc1NC(=O)Cc1ccccc1)[C@H]1CCS(=O)(=O)C1. The summed E-state index contributed by atoms with van der Waals surface area (Å²) < 4.78 is 29.1. The first-order valence-electron chi connectivity index (χ1n) is 11.3. The minimum Gasteiger partial charge on any atom is -0.452 e. The number of sulfone groups is 1. The monoisotopic (exact) mass is 486 g/mol. The summed E-state index contributed by atoms with van der Waals surface area (Å²) in [5.74, 6) is -1.49. The van der Waals surface area contributed by atoms with Crippen molar-refractivity contribution in [1.82, 2.24) is 4.90 Å². The van der Waals surface area contributed by atoms with Crippen LogP contribution in [0.5, 0.6) is 0 Å². The molecule has 0 aliphatic carbocycles. The van der Waals surface area contributed by atoms with Gasteiger partial charge >= 0.3 is 5.97 Å². The molecule has 0 bridgehead atoms. The average Bonchev–Trinajstić information content (AvgIpc) is 3.17. The summed E-state index contributed by atoms with van der Waals surface area (Å²) in [5, 5.41) is 2.73. The second-order valence-corrected chi connectivity index (χ2v) is 10.7. The maximum Gasteiger partial charge on any atom is 0.340 e. The van der Waals surface area contributed by atoms with Gasteiger partial charge in [0.15, 0.2) is 16.4 Å². The Morgan fingerprint density at radius 2 is 1.76 bits per heavy atom. The number of nitrogens with one attached hydrogen (secondary N) is 1. The van der Waals surface area contributed by atoms with E-state index in [9.17, 15) is 22.8 Å². The third kappa shape index (κ3) is 6.66. The van der Waals surface area contributed by atoms with Gasteiger partial charge < -0.3 is 15.0 Å². The number of carbonyl (C=O) groups is 3. The van der Waals surface area contributed by atoms with Gasteiger partial charge in [-0.3, -0.25) is 9.59 Å². The van der Waals surface area contributed by atoms with E-state index in [1.807, 2.05) is 44.2 Å². The number of nitrogens with zero attached hydrogens (tertiary/aromatic N) is 1. The highest BCUT2D eigenvalue weighted by atomic mass is 32.2. The summed E-state index contributed by atoms with van der Waals surface area (Å²) in [7, 11) is -3.17. The third-order valence-electron chi connectivity index (χ3n) is 5.91. The Balaban J connectivity index is 1.65. The van der Waals surface area contributed by atoms with Crippen LogP contribution in [0.1, 0.15) is 42.6 Å². The molecule has 182 valence electrons.